The summed E-state index contributed by atoms with van der Waals surface area (Å²) in [6.07, 6.45) is 0.998. The molecule has 1 heterocycles. The molecule has 0 saturated carbocycles. The largest absolute Gasteiger partial charge is 0.493 e. The van der Waals surface area contributed by atoms with Crippen molar-refractivity contribution in [2.75, 3.05) is 6.61 Å². The Morgan fingerprint density at radius 2 is 2.35 bits per heavy atom. The van der Waals surface area contributed by atoms with Crippen LogP contribution in [-0.2, 0) is 11.2 Å². The number of fused-ring (bicyclic) bond motifs is 1. The predicted molar refractivity (Wildman–Crippen MR) is 64.0 cm³/mol. The van der Waals surface area contributed by atoms with Gasteiger partial charge in [-0.15, -0.1) is 0 Å². The first-order valence-electron chi connectivity index (χ1n) is 5.81. The standard InChI is InChI=1S/C13H17NO3/c1-8(6-12(15)16)13(14)10-2-3-11-9(7-10)4-5-17-11/h2-3,7-8,13H,4-6,14H2,1H3,(H,15,16). The van der Waals surface area contributed by atoms with E-state index >= 15 is 0 Å². The number of carboxylic acids is 1. The van der Waals surface area contributed by atoms with Crippen LogP contribution in [0.15, 0.2) is 18.2 Å². The molecule has 0 fully saturated rings. The fourth-order valence-electron chi connectivity index (χ4n) is 2.14. The third-order valence-electron chi connectivity index (χ3n) is 3.21. The van der Waals surface area contributed by atoms with Crippen LogP contribution in [0.4, 0.5) is 0 Å². The minimum Gasteiger partial charge on any atom is -0.493 e. The lowest BCUT2D eigenvalue weighted by Crippen LogP contribution is -2.21. The van der Waals surface area contributed by atoms with Gasteiger partial charge in [-0.3, -0.25) is 4.79 Å². The number of hydrogen-bond acceptors (Lipinski definition) is 3. The summed E-state index contributed by atoms with van der Waals surface area (Å²) in [6, 6.07) is 5.64. The van der Waals surface area contributed by atoms with Gasteiger partial charge in [0.1, 0.15) is 5.75 Å². The van der Waals surface area contributed by atoms with Crippen molar-refractivity contribution in [1.82, 2.24) is 0 Å². The second kappa shape index (κ2) is 4.75. The Kier molecular flexibility index (Phi) is 3.33. The number of rotatable bonds is 4. The zero-order chi connectivity index (χ0) is 12.4. The topological polar surface area (TPSA) is 72.5 Å². The second-order valence-electron chi connectivity index (χ2n) is 4.57. The van der Waals surface area contributed by atoms with Gasteiger partial charge in [0, 0.05) is 18.9 Å². The third-order valence-corrected chi connectivity index (χ3v) is 3.21. The van der Waals surface area contributed by atoms with E-state index in [9.17, 15) is 4.79 Å². The summed E-state index contributed by atoms with van der Waals surface area (Å²) in [7, 11) is 0. The summed E-state index contributed by atoms with van der Waals surface area (Å²) >= 11 is 0. The van der Waals surface area contributed by atoms with E-state index in [2.05, 4.69) is 0 Å². The van der Waals surface area contributed by atoms with E-state index in [1.54, 1.807) is 0 Å². The Balaban J connectivity index is 2.14. The van der Waals surface area contributed by atoms with Crippen LogP contribution in [-0.4, -0.2) is 17.7 Å². The molecule has 1 aliphatic rings. The number of aliphatic carboxylic acids is 1. The SMILES string of the molecule is CC(CC(=O)O)C(N)c1ccc2c(c1)CCO2. The molecule has 2 rings (SSSR count). The summed E-state index contributed by atoms with van der Waals surface area (Å²) in [5.41, 5.74) is 8.23. The Labute approximate surface area is 100 Å². The molecule has 4 heteroatoms. The van der Waals surface area contributed by atoms with Crippen molar-refractivity contribution < 1.29 is 14.6 Å². The Morgan fingerprint density at radius 1 is 1.59 bits per heavy atom. The van der Waals surface area contributed by atoms with E-state index in [1.807, 2.05) is 25.1 Å². The van der Waals surface area contributed by atoms with Gasteiger partial charge < -0.3 is 15.6 Å². The van der Waals surface area contributed by atoms with E-state index in [-0.39, 0.29) is 18.4 Å². The van der Waals surface area contributed by atoms with Crippen molar-refractivity contribution in [3.63, 3.8) is 0 Å². The first kappa shape index (κ1) is 11.9. The number of hydrogen-bond donors (Lipinski definition) is 2. The van der Waals surface area contributed by atoms with Crippen LogP contribution >= 0.6 is 0 Å². The zero-order valence-electron chi connectivity index (χ0n) is 9.85. The predicted octanol–water partition coefficient (Wildman–Crippen LogP) is 1.73. The van der Waals surface area contributed by atoms with Crippen LogP contribution in [0.25, 0.3) is 0 Å². The van der Waals surface area contributed by atoms with Gasteiger partial charge in [-0.25, -0.2) is 0 Å². The van der Waals surface area contributed by atoms with Crippen molar-refractivity contribution in [2.24, 2.45) is 11.7 Å². The average molecular weight is 235 g/mol. The molecule has 17 heavy (non-hydrogen) atoms. The minimum atomic E-state index is -0.808. The van der Waals surface area contributed by atoms with Crippen molar-refractivity contribution in [3.8, 4) is 5.75 Å². The third kappa shape index (κ3) is 2.58. The first-order valence-corrected chi connectivity index (χ1v) is 5.81. The molecule has 0 bridgehead atoms. The van der Waals surface area contributed by atoms with Gasteiger partial charge in [0.15, 0.2) is 0 Å². The fraction of sp³-hybridized carbons (Fsp3) is 0.462. The molecule has 3 N–H and O–H groups in total. The van der Waals surface area contributed by atoms with Gasteiger partial charge in [0.2, 0.25) is 0 Å². The summed E-state index contributed by atoms with van der Waals surface area (Å²) < 4.78 is 5.42. The lowest BCUT2D eigenvalue weighted by molar-refractivity contribution is -0.138. The minimum absolute atomic E-state index is 0.0760. The summed E-state index contributed by atoms with van der Waals surface area (Å²) in [6.45, 7) is 2.58. The van der Waals surface area contributed by atoms with E-state index in [1.165, 1.54) is 5.56 Å². The fourth-order valence-corrected chi connectivity index (χ4v) is 2.14. The molecule has 0 aromatic heterocycles. The van der Waals surface area contributed by atoms with Crippen LogP contribution < -0.4 is 10.5 Å². The Hall–Kier alpha value is -1.55. The van der Waals surface area contributed by atoms with Gasteiger partial charge in [0.05, 0.1) is 6.61 Å². The van der Waals surface area contributed by atoms with E-state index in [0.717, 1.165) is 24.3 Å². The monoisotopic (exact) mass is 235 g/mol. The van der Waals surface area contributed by atoms with Crippen LogP contribution in [0.1, 0.15) is 30.5 Å². The Bertz CT molecular complexity index is 431. The van der Waals surface area contributed by atoms with Crippen LogP contribution in [0.3, 0.4) is 0 Å². The van der Waals surface area contributed by atoms with Crippen molar-refractivity contribution >= 4 is 5.97 Å². The van der Waals surface area contributed by atoms with Gasteiger partial charge >= 0.3 is 5.97 Å². The number of benzene rings is 1. The maximum absolute atomic E-state index is 10.7. The molecule has 0 saturated heterocycles. The molecule has 1 aromatic carbocycles. The second-order valence-corrected chi connectivity index (χ2v) is 4.57. The first-order chi connectivity index (χ1) is 8.08. The van der Waals surface area contributed by atoms with E-state index in [4.69, 9.17) is 15.6 Å². The van der Waals surface area contributed by atoms with Gasteiger partial charge in [-0.05, 0) is 23.1 Å². The summed E-state index contributed by atoms with van der Waals surface area (Å²) in [4.78, 5) is 10.7. The summed E-state index contributed by atoms with van der Waals surface area (Å²) in [5, 5.41) is 8.76. The molecule has 2 unspecified atom stereocenters. The van der Waals surface area contributed by atoms with Crippen LogP contribution in [0, 0.1) is 5.92 Å². The van der Waals surface area contributed by atoms with Crippen molar-refractivity contribution in [1.29, 1.82) is 0 Å². The smallest absolute Gasteiger partial charge is 0.303 e. The van der Waals surface area contributed by atoms with E-state index in [0.29, 0.717) is 0 Å². The van der Waals surface area contributed by atoms with Crippen LogP contribution in [0.5, 0.6) is 5.75 Å². The molecule has 1 aliphatic heterocycles. The lowest BCUT2D eigenvalue weighted by atomic mass is 9.91. The number of ether oxygens (including phenoxy) is 1. The highest BCUT2D eigenvalue weighted by molar-refractivity contribution is 5.67. The molecular weight excluding hydrogens is 218 g/mol. The summed E-state index contributed by atoms with van der Waals surface area (Å²) in [5.74, 6) is 0.0390. The molecule has 0 spiro atoms. The van der Waals surface area contributed by atoms with Gasteiger partial charge in [-0.1, -0.05) is 19.1 Å². The van der Waals surface area contributed by atoms with Gasteiger partial charge in [-0.2, -0.15) is 0 Å². The molecule has 0 amide bonds. The highest BCUT2D eigenvalue weighted by Crippen LogP contribution is 2.30. The number of carbonyl (C=O) groups is 1. The molecule has 92 valence electrons. The molecule has 0 aliphatic carbocycles. The Morgan fingerprint density at radius 3 is 3.06 bits per heavy atom. The zero-order valence-corrected chi connectivity index (χ0v) is 9.85. The molecule has 2 atom stereocenters. The quantitative estimate of drug-likeness (QED) is 0.833. The number of carboxylic acid groups (broad SMARTS) is 1. The van der Waals surface area contributed by atoms with Gasteiger partial charge in [0.25, 0.3) is 0 Å². The average Bonchev–Trinajstić information content (AvgIpc) is 2.73. The van der Waals surface area contributed by atoms with E-state index < -0.39 is 5.97 Å². The molecule has 0 radical (unpaired) electrons. The normalized spacial score (nSPS) is 17.1. The van der Waals surface area contributed by atoms with Crippen LogP contribution in [0.2, 0.25) is 0 Å². The molecular formula is C13H17NO3. The van der Waals surface area contributed by atoms with Crippen molar-refractivity contribution in [3.05, 3.63) is 29.3 Å². The van der Waals surface area contributed by atoms with Crippen molar-refractivity contribution in [2.45, 2.75) is 25.8 Å². The highest BCUT2D eigenvalue weighted by Gasteiger charge is 2.20. The molecule has 4 nitrogen and oxygen atoms in total. The molecule has 1 aromatic rings. The maximum atomic E-state index is 10.7. The lowest BCUT2D eigenvalue weighted by Gasteiger charge is -2.19. The maximum Gasteiger partial charge on any atom is 0.303 e. The highest BCUT2D eigenvalue weighted by atomic mass is 16.5. The number of nitrogens with two attached hydrogens (primary N) is 1.